The summed E-state index contributed by atoms with van der Waals surface area (Å²) < 4.78 is 0. The van der Waals surface area contributed by atoms with E-state index in [2.05, 4.69) is 47.3 Å². The largest absolute Gasteiger partial charge is 0.384 e. The summed E-state index contributed by atoms with van der Waals surface area (Å²) in [4.78, 5) is 16.9. The van der Waals surface area contributed by atoms with Crippen molar-refractivity contribution in [2.75, 3.05) is 38.5 Å². The maximum atomic E-state index is 12.6. The predicted molar refractivity (Wildman–Crippen MR) is 81.0 cm³/mol. The fourth-order valence-corrected chi connectivity index (χ4v) is 3.38. The molecule has 3 rings (SSSR count). The summed E-state index contributed by atoms with van der Waals surface area (Å²) in [6, 6.07) is 8.66. The first kappa shape index (κ1) is 13.4. The summed E-state index contributed by atoms with van der Waals surface area (Å²) >= 11 is 0. The fourth-order valence-electron chi connectivity index (χ4n) is 3.38. The number of carbonyl (C=O) groups excluding carboxylic acids is 1. The number of carbonyl (C=O) groups is 1. The lowest BCUT2D eigenvalue weighted by Crippen LogP contribution is -2.52. The van der Waals surface area contributed by atoms with E-state index in [4.69, 9.17) is 0 Å². The SMILES string of the molecule is CC1CN(C)CCN1C(=O)CC1CNc2ccccc21. The van der Waals surface area contributed by atoms with Gasteiger partial charge < -0.3 is 15.1 Å². The second kappa shape index (κ2) is 5.44. The van der Waals surface area contributed by atoms with Crippen molar-refractivity contribution in [2.24, 2.45) is 0 Å². The number of nitrogens with one attached hydrogen (secondary N) is 1. The van der Waals surface area contributed by atoms with Crippen LogP contribution in [0.5, 0.6) is 0 Å². The minimum Gasteiger partial charge on any atom is -0.384 e. The van der Waals surface area contributed by atoms with Gasteiger partial charge in [0.2, 0.25) is 5.91 Å². The van der Waals surface area contributed by atoms with E-state index in [0.29, 0.717) is 24.3 Å². The van der Waals surface area contributed by atoms with Crippen molar-refractivity contribution in [1.82, 2.24) is 9.80 Å². The molecule has 0 saturated carbocycles. The number of piperazine rings is 1. The van der Waals surface area contributed by atoms with E-state index >= 15 is 0 Å². The number of anilines is 1. The summed E-state index contributed by atoms with van der Waals surface area (Å²) in [5.41, 5.74) is 2.49. The van der Waals surface area contributed by atoms with Crippen LogP contribution in [0.1, 0.15) is 24.8 Å². The number of fused-ring (bicyclic) bond motifs is 1. The second-order valence-corrected chi connectivity index (χ2v) is 6.07. The van der Waals surface area contributed by atoms with Gasteiger partial charge >= 0.3 is 0 Å². The number of para-hydroxylation sites is 1. The molecule has 108 valence electrons. The van der Waals surface area contributed by atoms with Gasteiger partial charge in [0.05, 0.1) is 0 Å². The zero-order chi connectivity index (χ0) is 14.1. The highest BCUT2D eigenvalue weighted by atomic mass is 16.2. The summed E-state index contributed by atoms with van der Waals surface area (Å²) in [5, 5.41) is 3.40. The van der Waals surface area contributed by atoms with Crippen molar-refractivity contribution < 1.29 is 4.79 Å². The molecule has 0 bridgehead atoms. The lowest BCUT2D eigenvalue weighted by Gasteiger charge is -2.38. The molecule has 2 aliphatic heterocycles. The van der Waals surface area contributed by atoms with Gasteiger partial charge in [-0.3, -0.25) is 4.79 Å². The lowest BCUT2D eigenvalue weighted by molar-refractivity contribution is -0.135. The molecule has 1 saturated heterocycles. The Hall–Kier alpha value is -1.55. The molecule has 1 N–H and O–H groups in total. The molecule has 1 aromatic carbocycles. The van der Waals surface area contributed by atoms with Crippen LogP contribution >= 0.6 is 0 Å². The van der Waals surface area contributed by atoms with Gasteiger partial charge in [0.1, 0.15) is 0 Å². The molecule has 2 unspecified atom stereocenters. The number of hydrogen-bond donors (Lipinski definition) is 1. The highest BCUT2D eigenvalue weighted by Gasteiger charge is 2.30. The molecule has 1 fully saturated rings. The van der Waals surface area contributed by atoms with Crippen molar-refractivity contribution in [3.8, 4) is 0 Å². The highest BCUT2D eigenvalue weighted by Crippen LogP contribution is 2.33. The summed E-state index contributed by atoms with van der Waals surface area (Å²) in [6.45, 7) is 5.85. The summed E-state index contributed by atoms with van der Waals surface area (Å²) in [7, 11) is 2.12. The molecule has 0 aromatic heterocycles. The Balaban J connectivity index is 1.65. The monoisotopic (exact) mass is 273 g/mol. The molecule has 0 radical (unpaired) electrons. The normalized spacial score (nSPS) is 26.2. The average Bonchev–Trinajstić information content (AvgIpc) is 2.82. The number of rotatable bonds is 2. The van der Waals surface area contributed by atoms with E-state index in [-0.39, 0.29) is 0 Å². The quantitative estimate of drug-likeness (QED) is 0.891. The predicted octanol–water partition coefficient (Wildman–Crippen LogP) is 1.75. The third kappa shape index (κ3) is 2.52. The first-order valence-corrected chi connectivity index (χ1v) is 7.46. The first-order valence-electron chi connectivity index (χ1n) is 7.46. The van der Waals surface area contributed by atoms with Crippen molar-refractivity contribution in [2.45, 2.75) is 25.3 Å². The van der Waals surface area contributed by atoms with Crippen LogP contribution < -0.4 is 5.32 Å². The Labute approximate surface area is 120 Å². The van der Waals surface area contributed by atoms with Gasteiger partial charge in [0.25, 0.3) is 0 Å². The van der Waals surface area contributed by atoms with Crippen molar-refractivity contribution in [3.63, 3.8) is 0 Å². The van der Waals surface area contributed by atoms with Gasteiger partial charge in [-0.2, -0.15) is 0 Å². The van der Waals surface area contributed by atoms with Crippen LogP contribution in [0.4, 0.5) is 5.69 Å². The molecular formula is C16H23N3O. The van der Waals surface area contributed by atoms with E-state index in [1.165, 1.54) is 11.3 Å². The molecule has 2 heterocycles. The molecule has 0 aliphatic carbocycles. The number of benzene rings is 1. The van der Waals surface area contributed by atoms with Crippen molar-refractivity contribution >= 4 is 11.6 Å². The van der Waals surface area contributed by atoms with Crippen LogP contribution in [-0.4, -0.2) is 55.0 Å². The number of amides is 1. The minimum atomic E-state index is 0.300. The Kier molecular flexibility index (Phi) is 3.66. The van der Waals surface area contributed by atoms with E-state index < -0.39 is 0 Å². The Bertz CT molecular complexity index is 502. The van der Waals surface area contributed by atoms with E-state index in [0.717, 1.165) is 26.2 Å². The molecule has 1 amide bonds. The number of hydrogen-bond acceptors (Lipinski definition) is 3. The molecule has 2 aliphatic rings. The van der Waals surface area contributed by atoms with Crippen LogP contribution in [-0.2, 0) is 4.79 Å². The second-order valence-electron chi connectivity index (χ2n) is 6.07. The van der Waals surface area contributed by atoms with Crippen molar-refractivity contribution in [1.29, 1.82) is 0 Å². The first-order chi connectivity index (χ1) is 9.65. The van der Waals surface area contributed by atoms with Gasteiger partial charge in [0.15, 0.2) is 0 Å². The molecule has 0 spiro atoms. The third-order valence-electron chi connectivity index (χ3n) is 4.51. The average molecular weight is 273 g/mol. The fraction of sp³-hybridized carbons (Fsp3) is 0.562. The van der Waals surface area contributed by atoms with Gasteiger partial charge in [-0.1, -0.05) is 18.2 Å². The third-order valence-corrected chi connectivity index (χ3v) is 4.51. The van der Waals surface area contributed by atoms with Gasteiger partial charge in [-0.05, 0) is 25.6 Å². The van der Waals surface area contributed by atoms with Gasteiger partial charge in [0, 0.05) is 50.2 Å². The highest BCUT2D eigenvalue weighted by molar-refractivity contribution is 5.78. The minimum absolute atomic E-state index is 0.300. The lowest BCUT2D eigenvalue weighted by atomic mass is 9.97. The Morgan fingerprint density at radius 2 is 2.15 bits per heavy atom. The van der Waals surface area contributed by atoms with Crippen LogP contribution in [0.15, 0.2) is 24.3 Å². The zero-order valence-electron chi connectivity index (χ0n) is 12.3. The van der Waals surface area contributed by atoms with E-state index in [1.807, 2.05) is 6.07 Å². The molecule has 1 aromatic rings. The summed E-state index contributed by atoms with van der Waals surface area (Å²) in [5.74, 6) is 0.625. The smallest absolute Gasteiger partial charge is 0.223 e. The van der Waals surface area contributed by atoms with E-state index in [9.17, 15) is 4.79 Å². The van der Waals surface area contributed by atoms with Crippen LogP contribution in [0, 0.1) is 0 Å². The van der Waals surface area contributed by atoms with Crippen LogP contribution in [0.25, 0.3) is 0 Å². The Morgan fingerprint density at radius 1 is 1.35 bits per heavy atom. The summed E-state index contributed by atoms with van der Waals surface area (Å²) in [6.07, 6.45) is 0.623. The maximum Gasteiger partial charge on any atom is 0.223 e. The number of nitrogens with zero attached hydrogens (tertiary/aromatic N) is 2. The standard InChI is InChI=1S/C16H23N3O/c1-12-11-18(2)7-8-19(12)16(20)9-13-10-17-15-6-4-3-5-14(13)15/h3-6,12-13,17H,7-11H2,1-2H3. The van der Waals surface area contributed by atoms with Gasteiger partial charge in [-0.15, -0.1) is 0 Å². The molecule has 20 heavy (non-hydrogen) atoms. The maximum absolute atomic E-state index is 12.6. The van der Waals surface area contributed by atoms with Crippen molar-refractivity contribution in [3.05, 3.63) is 29.8 Å². The topological polar surface area (TPSA) is 35.6 Å². The van der Waals surface area contributed by atoms with Crippen LogP contribution in [0.3, 0.4) is 0 Å². The van der Waals surface area contributed by atoms with E-state index in [1.54, 1.807) is 0 Å². The molecular weight excluding hydrogens is 250 g/mol. The molecule has 4 heteroatoms. The number of likely N-dealkylation sites (N-methyl/N-ethyl adjacent to an activating group) is 1. The van der Waals surface area contributed by atoms with Crippen LogP contribution in [0.2, 0.25) is 0 Å². The van der Waals surface area contributed by atoms with Gasteiger partial charge in [-0.25, -0.2) is 0 Å². The molecule has 2 atom stereocenters. The molecule has 4 nitrogen and oxygen atoms in total. The Morgan fingerprint density at radius 3 is 2.95 bits per heavy atom. The zero-order valence-corrected chi connectivity index (χ0v) is 12.3.